The number of hydrogen-bond donors (Lipinski definition) is 3. The zero-order valence-electron chi connectivity index (χ0n) is 16.9. The summed E-state index contributed by atoms with van der Waals surface area (Å²) in [6.45, 7) is 1.21. The summed E-state index contributed by atoms with van der Waals surface area (Å²) in [6, 6.07) is 12.7. The number of unbranched alkanes of at least 4 members (excludes halogenated alkanes) is 2. The number of para-hydroxylation sites is 2. The Morgan fingerprint density at radius 2 is 1.57 bits per heavy atom. The Kier molecular flexibility index (Phi) is 11.0. The van der Waals surface area contributed by atoms with Crippen LogP contribution in [0.25, 0.3) is 0 Å². The molecule has 2 rings (SSSR count). The first-order valence-electron chi connectivity index (χ1n) is 9.07. The van der Waals surface area contributed by atoms with Crippen molar-refractivity contribution < 1.29 is 27.2 Å². The summed E-state index contributed by atoms with van der Waals surface area (Å²) in [5.74, 6) is 2.11. The maximum Gasteiger partial charge on any atom is 0.261 e. The third-order valence-corrected chi connectivity index (χ3v) is 3.91. The quantitative estimate of drug-likeness (QED) is 0.213. The normalized spacial score (nSPS) is 10.5. The van der Waals surface area contributed by atoms with E-state index in [2.05, 4.69) is 0 Å². The summed E-state index contributed by atoms with van der Waals surface area (Å²) in [7, 11) is -2.03. The lowest BCUT2D eigenvalue weighted by Crippen LogP contribution is -2.11. The molecule has 10 heteroatoms. The Morgan fingerprint density at radius 1 is 1.03 bits per heavy atom. The molecule has 0 fully saturated rings. The Balaban J connectivity index is 0.000000804. The highest BCUT2D eigenvalue weighted by Crippen LogP contribution is 2.26. The van der Waals surface area contributed by atoms with Gasteiger partial charge in [0.2, 0.25) is 0 Å². The van der Waals surface area contributed by atoms with Crippen molar-refractivity contribution in [1.29, 1.82) is 5.41 Å². The number of methoxy groups -OCH3 is 1. The van der Waals surface area contributed by atoms with Crippen molar-refractivity contribution in [3.8, 4) is 17.2 Å². The van der Waals surface area contributed by atoms with Gasteiger partial charge in [0.05, 0.1) is 31.6 Å². The first-order valence-corrected chi connectivity index (χ1v) is 11.3. The second-order valence-electron chi connectivity index (χ2n) is 6.20. The minimum Gasteiger partial charge on any atom is -0.493 e. The molecule has 0 bridgehead atoms. The zero-order valence-corrected chi connectivity index (χ0v) is 18.5. The van der Waals surface area contributed by atoms with Gasteiger partial charge in [-0.05, 0) is 49.6 Å². The van der Waals surface area contributed by atoms with E-state index in [1.807, 2.05) is 24.3 Å². The van der Waals surface area contributed by atoms with E-state index in [-0.39, 0.29) is 5.84 Å². The largest absolute Gasteiger partial charge is 0.493 e. The number of ether oxygens (including phenoxy) is 3. The van der Waals surface area contributed by atoms with Crippen LogP contribution in [0.5, 0.6) is 17.2 Å². The molecule has 0 aliphatic heterocycles. The van der Waals surface area contributed by atoms with Crippen molar-refractivity contribution in [1.82, 2.24) is 0 Å². The molecule has 30 heavy (non-hydrogen) atoms. The molecule has 0 saturated heterocycles. The summed E-state index contributed by atoms with van der Waals surface area (Å²) in [5, 5.41) is 7.85. The van der Waals surface area contributed by atoms with Gasteiger partial charge in [-0.2, -0.15) is 8.42 Å². The molecule has 0 radical (unpaired) electrons. The zero-order chi connectivity index (χ0) is 22.6. The molecule has 0 aromatic heterocycles. The molecule has 0 unspecified atom stereocenters. The standard InChI is InChI=1S/C19H23ClN2O3.CH4O3S/c1-23-17-7-3-4-8-18(17)25-12-6-2-5-11-24-16-10-9-14(19(21)22)13-15(16)20;1-5(2,3)4/h3-4,7-10,13H,2,5-6,11-12H2,1H3,(H3,21,22);1H3,(H,2,3,4). The molecule has 2 aromatic carbocycles. The SMILES string of the molecule is COc1ccccc1OCCCCCOc1ccc(C(=N)N)cc1Cl.CS(=O)(=O)O. The van der Waals surface area contributed by atoms with Crippen LogP contribution in [0.15, 0.2) is 42.5 Å². The molecule has 0 saturated carbocycles. The molecule has 4 N–H and O–H groups in total. The van der Waals surface area contributed by atoms with Gasteiger partial charge in [-0.15, -0.1) is 0 Å². The van der Waals surface area contributed by atoms with Crippen LogP contribution in [0.2, 0.25) is 5.02 Å². The van der Waals surface area contributed by atoms with Gasteiger partial charge in [-0.3, -0.25) is 9.96 Å². The highest BCUT2D eigenvalue weighted by atomic mass is 35.5. The molecular formula is C20H27ClN2O6S. The van der Waals surface area contributed by atoms with E-state index in [0.29, 0.717) is 35.8 Å². The summed E-state index contributed by atoms with van der Waals surface area (Å²) in [4.78, 5) is 0. The molecule has 8 nitrogen and oxygen atoms in total. The van der Waals surface area contributed by atoms with Gasteiger partial charge in [-0.25, -0.2) is 0 Å². The van der Waals surface area contributed by atoms with Crippen LogP contribution < -0.4 is 19.9 Å². The maximum atomic E-state index is 9.19. The minimum atomic E-state index is -3.67. The first kappa shape index (κ1) is 25.5. The lowest BCUT2D eigenvalue weighted by atomic mass is 10.2. The molecular weight excluding hydrogens is 432 g/mol. The second-order valence-corrected chi connectivity index (χ2v) is 8.07. The van der Waals surface area contributed by atoms with E-state index in [1.165, 1.54) is 0 Å². The van der Waals surface area contributed by atoms with Crippen molar-refractivity contribution in [3.63, 3.8) is 0 Å². The number of halogens is 1. The molecule has 0 amide bonds. The molecule has 2 aromatic rings. The monoisotopic (exact) mass is 458 g/mol. The van der Waals surface area contributed by atoms with E-state index in [0.717, 1.165) is 30.8 Å². The predicted molar refractivity (Wildman–Crippen MR) is 118 cm³/mol. The molecule has 0 aliphatic rings. The fourth-order valence-corrected chi connectivity index (χ4v) is 2.50. The highest BCUT2D eigenvalue weighted by molar-refractivity contribution is 7.85. The Bertz CT molecular complexity index is 913. The third kappa shape index (κ3) is 10.9. The van der Waals surface area contributed by atoms with Crippen LogP contribution in [-0.4, -0.2) is 45.4 Å². The van der Waals surface area contributed by atoms with E-state index in [1.54, 1.807) is 25.3 Å². The van der Waals surface area contributed by atoms with Gasteiger partial charge < -0.3 is 19.9 Å². The number of nitrogens with one attached hydrogen (secondary N) is 1. The average molecular weight is 459 g/mol. The highest BCUT2D eigenvalue weighted by Gasteiger charge is 2.05. The van der Waals surface area contributed by atoms with Crippen LogP contribution >= 0.6 is 11.6 Å². The lowest BCUT2D eigenvalue weighted by Gasteiger charge is -2.11. The fraction of sp³-hybridized carbons (Fsp3) is 0.350. The van der Waals surface area contributed by atoms with Crippen LogP contribution in [0.4, 0.5) is 0 Å². The van der Waals surface area contributed by atoms with Gasteiger partial charge in [0.15, 0.2) is 11.5 Å². The van der Waals surface area contributed by atoms with Crippen molar-refractivity contribution in [2.75, 3.05) is 26.6 Å². The molecule has 0 spiro atoms. The summed E-state index contributed by atoms with van der Waals surface area (Å²) in [6.07, 6.45) is 3.53. The van der Waals surface area contributed by atoms with Crippen molar-refractivity contribution in [3.05, 3.63) is 53.1 Å². The van der Waals surface area contributed by atoms with Gasteiger partial charge in [-0.1, -0.05) is 23.7 Å². The Hall–Kier alpha value is -2.49. The van der Waals surface area contributed by atoms with Crippen LogP contribution in [0, 0.1) is 5.41 Å². The number of amidine groups is 1. The summed E-state index contributed by atoms with van der Waals surface area (Å²) in [5.41, 5.74) is 6.01. The number of nitrogens with two attached hydrogens (primary N) is 1. The van der Waals surface area contributed by atoms with Crippen LogP contribution in [0.1, 0.15) is 24.8 Å². The molecule has 0 aliphatic carbocycles. The van der Waals surface area contributed by atoms with E-state index in [4.69, 9.17) is 41.5 Å². The average Bonchev–Trinajstić information content (AvgIpc) is 2.67. The van der Waals surface area contributed by atoms with E-state index in [9.17, 15) is 8.42 Å². The van der Waals surface area contributed by atoms with Crippen LogP contribution in [-0.2, 0) is 10.1 Å². The van der Waals surface area contributed by atoms with Crippen molar-refractivity contribution in [2.24, 2.45) is 5.73 Å². The smallest absolute Gasteiger partial charge is 0.261 e. The first-order chi connectivity index (χ1) is 14.1. The topological polar surface area (TPSA) is 132 Å². The van der Waals surface area contributed by atoms with Gasteiger partial charge in [0.1, 0.15) is 11.6 Å². The van der Waals surface area contributed by atoms with E-state index < -0.39 is 10.1 Å². The summed E-state index contributed by atoms with van der Waals surface area (Å²) < 4.78 is 42.5. The maximum absolute atomic E-state index is 9.19. The van der Waals surface area contributed by atoms with Gasteiger partial charge in [0.25, 0.3) is 10.1 Å². The lowest BCUT2D eigenvalue weighted by molar-refractivity contribution is 0.270. The Morgan fingerprint density at radius 3 is 2.07 bits per heavy atom. The third-order valence-electron chi connectivity index (χ3n) is 3.62. The fourth-order valence-electron chi connectivity index (χ4n) is 2.27. The van der Waals surface area contributed by atoms with Crippen LogP contribution in [0.3, 0.4) is 0 Å². The molecule has 0 atom stereocenters. The van der Waals surface area contributed by atoms with Gasteiger partial charge >= 0.3 is 0 Å². The van der Waals surface area contributed by atoms with Crippen molar-refractivity contribution in [2.45, 2.75) is 19.3 Å². The predicted octanol–water partition coefficient (Wildman–Crippen LogP) is 3.76. The number of hydrogen-bond acceptors (Lipinski definition) is 6. The van der Waals surface area contributed by atoms with E-state index >= 15 is 0 Å². The minimum absolute atomic E-state index is 0.0107. The van der Waals surface area contributed by atoms with Gasteiger partial charge in [0, 0.05) is 5.56 Å². The molecule has 166 valence electrons. The second kappa shape index (κ2) is 12.9. The molecule has 0 heterocycles. The van der Waals surface area contributed by atoms with Crippen molar-refractivity contribution >= 4 is 27.6 Å². The number of nitrogen functional groups attached to an aromatic ring is 1. The number of benzene rings is 2. The summed E-state index contributed by atoms with van der Waals surface area (Å²) >= 11 is 6.12. The Labute approximate surface area is 182 Å². The number of rotatable bonds is 10.